The molecule has 0 aliphatic heterocycles. The van der Waals surface area contributed by atoms with Gasteiger partial charge in [0.05, 0.1) is 12.6 Å². The number of aliphatic carboxylic acids is 1. The summed E-state index contributed by atoms with van der Waals surface area (Å²) in [6, 6.07) is 11.2. The number of hydrogen-bond acceptors (Lipinski definition) is 7. The second-order valence-corrected chi connectivity index (χ2v) is 14.9. The van der Waals surface area contributed by atoms with Crippen molar-refractivity contribution in [1.82, 2.24) is 25.8 Å². The molecule has 1 heterocycles. The predicted octanol–water partition coefficient (Wildman–Crippen LogP) is 1.13. The maximum absolute atomic E-state index is 13.9. The van der Waals surface area contributed by atoms with E-state index in [4.69, 9.17) is 5.73 Å². The number of fused-ring (bicyclic) bond motifs is 1. The fourth-order valence-corrected chi connectivity index (χ4v) is 7.06. The molecule has 280 valence electrons. The molecular weight excluding hydrogens is 695 g/mol. The molecule has 1 saturated carbocycles. The molecule has 5 amide bonds. The second-order valence-electron chi connectivity index (χ2n) is 13.2. The van der Waals surface area contributed by atoms with Crippen LogP contribution in [0.15, 0.2) is 54.7 Å². The average molecular weight is 741 g/mol. The standard InChI is InChI=1S/C35H45N6O10P/c1-22-6-11-28-25(18-22)12-17-41(28)16-5-15-37-30(43)27(20-29(36)42)39-34(48)35(13-3-2-4-14-35)40-31(44)26(38-32(45)33(46)47)19-23-7-9-24(10-8-23)21-52(49,50)51/h6-12,17-18,26-27H,2-5,13-16,19-21H2,1H3,(H2,36,42)(H,37,43)(H,38,45)(H,39,48)(H,40,44)(H,46,47)(H2,49,50,51)/t26-,27-/m0/s1. The fourth-order valence-electron chi connectivity index (χ4n) is 6.38. The van der Waals surface area contributed by atoms with Crippen molar-refractivity contribution in [2.24, 2.45) is 5.73 Å². The smallest absolute Gasteiger partial charge is 0.394 e. The number of hydrogen-bond donors (Lipinski definition) is 8. The van der Waals surface area contributed by atoms with Gasteiger partial charge in [-0.3, -0.25) is 28.5 Å². The van der Waals surface area contributed by atoms with Crippen LogP contribution in [-0.4, -0.2) is 79.1 Å². The van der Waals surface area contributed by atoms with Gasteiger partial charge < -0.3 is 46.5 Å². The van der Waals surface area contributed by atoms with E-state index in [1.807, 2.05) is 31.3 Å². The van der Waals surface area contributed by atoms with E-state index in [2.05, 4.69) is 31.9 Å². The molecule has 52 heavy (non-hydrogen) atoms. The van der Waals surface area contributed by atoms with Crippen LogP contribution in [0.2, 0.25) is 0 Å². The number of carbonyl (C=O) groups excluding carboxylic acids is 5. The van der Waals surface area contributed by atoms with E-state index in [1.54, 1.807) is 0 Å². The van der Waals surface area contributed by atoms with Crippen molar-refractivity contribution in [2.45, 2.75) is 88.6 Å². The lowest BCUT2D eigenvalue weighted by Gasteiger charge is -2.38. The summed E-state index contributed by atoms with van der Waals surface area (Å²) in [5.41, 5.74) is 6.83. The molecule has 0 spiro atoms. The summed E-state index contributed by atoms with van der Waals surface area (Å²) < 4.78 is 13.4. The quantitative estimate of drug-likeness (QED) is 0.0590. The van der Waals surface area contributed by atoms with Gasteiger partial charge in [0.15, 0.2) is 0 Å². The van der Waals surface area contributed by atoms with E-state index in [9.17, 15) is 48.2 Å². The highest BCUT2D eigenvalue weighted by Gasteiger charge is 2.44. The van der Waals surface area contributed by atoms with Gasteiger partial charge in [-0.1, -0.05) is 55.2 Å². The van der Waals surface area contributed by atoms with E-state index < -0.39 is 73.3 Å². The molecule has 0 unspecified atom stereocenters. The molecule has 1 fully saturated rings. The Balaban J connectivity index is 1.45. The van der Waals surface area contributed by atoms with Crippen molar-refractivity contribution in [1.29, 1.82) is 0 Å². The Kier molecular flexibility index (Phi) is 13.3. The topological polar surface area (TPSA) is 259 Å². The minimum atomic E-state index is -4.34. The van der Waals surface area contributed by atoms with Gasteiger partial charge in [-0.15, -0.1) is 0 Å². The highest BCUT2D eigenvalue weighted by Crippen LogP contribution is 2.39. The van der Waals surface area contributed by atoms with Crippen LogP contribution in [0.4, 0.5) is 0 Å². The molecule has 2 aromatic carbocycles. The van der Waals surface area contributed by atoms with Crippen LogP contribution in [-0.2, 0) is 52.5 Å². The van der Waals surface area contributed by atoms with Crippen LogP contribution >= 0.6 is 7.60 Å². The van der Waals surface area contributed by atoms with E-state index in [1.165, 1.54) is 24.3 Å². The third-order valence-corrected chi connectivity index (χ3v) is 9.78. The number of nitrogens with two attached hydrogens (primary N) is 1. The molecule has 3 aromatic rings. The van der Waals surface area contributed by atoms with Gasteiger partial charge in [-0.2, -0.15) is 0 Å². The first kappa shape index (κ1) is 39.7. The van der Waals surface area contributed by atoms with Gasteiger partial charge in [-0.25, -0.2) is 4.79 Å². The zero-order valence-corrected chi connectivity index (χ0v) is 29.7. The van der Waals surface area contributed by atoms with Gasteiger partial charge in [-0.05, 0) is 60.9 Å². The minimum Gasteiger partial charge on any atom is -0.474 e. The lowest BCUT2D eigenvalue weighted by atomic mass is 9.80. The summed E-state index contributed by atoms with van der Waals surface area (Å²) in [5.74, 6) is -6.36. The minimum absolute atomic E-state index is 0.163. The molecule has 9 N–H and O–H groups in total. The van der Waals surface area contributed by atoms with Gasteiger partial charge >= 0.3 is 19.5 Å². The number of benzene rings is 2. The largest absolute Gasteiger partial charge is 0.474 e. The summed E-state index contributed by atoms with van der Waals surface area (Å²) in [4.78, 5) is 95.0. The number of carboxylic acid groups (broad SMARTS) is 1. The maximum atomic E-state index is 13.9. The Morgan fingerprint density at radius 3 is 2.21 bits per heavy atom. The van der Waals surface area contributed by atoms with E-state index in [-0.39, 0.29) is 25.8 Å². The van der Waals surface area contributed by atoms with Gasteiger partial charge in [0.2, 0.25) is 23.6 Å². The molecule has 1 aliphatic carbocycles. The molecular formula is C35H45N6O10P. The number of rotatable bonds is 16. The first-order valence-corrected chi connectivity index (χ1v) is 18.8. The third kappa shape index (κ3) is 11.2. The highest BCUT2D eigenvalue weighted by atomic mass is 31.2. The van der Waals surface area contributed by atoms with Crippen LogP contribution in [0.5, 0.6) is 0 Å². The van der Waals surface area contributed by atoms with Crippen LogP contribution in [0, 0.1) is 6.92 Å². The number of amides is 5. The Bertz CT molecular complexity index is 1850. The predicted molar refractivity (Wildman–Crippen MR) is 189 cm³/mol. The zero-order chi connectivity index (χ0) is 38.1. The number of carbonyl (C=O) groups is 6. The first-order chi connectivity index (χ1) is 24.5. The van der Waals surface area contributed by atoms with Crippen molar-refractivity contribution in [3.8, 4) is 0 Å². The lowest BCUT2D eigenvalue weighted by molar-refractivity contribution is -0.151. The monoisotopic (exact) mass is 740 g/mol. The Hall–Kier alpha value is -5.05. The van der Waals surface area contributed by atoms with Crippen molar-refractivity contribution in [2.75, 3.05) is 6.54 Å². The summed E-state index contributed by atoms with van der Waals surface area (Å²) in [6.45, 7) is 2.86. The summed E-state index contributed by atoms with van der Waals surface area (Å²) in [7, 11) is -4.34. The molecule has 1 aliphatic rings. The van der Waals surface area contributed by atoms with Gasteiger partial charge in [0.25, 0.3) is 0 Å². The normalized spacial score (nSPS) is 15.2. The van der Waals surface area contributed by atoms with E-state index in [0.717, 1.165) is 22.9 Å². The number of carboxylic acids is 1. The van der Waals surface area contributed by atoms with Gasteiger partial charge in [0, 0.05) is 31.2 Å². The molecule has 2 atom stereocenters. The zero-order valence-electron chi connectivity index (χ0n) is 28.8. The van der Waals surface area contributed by atoms with Crippen LogP contribution < -0.4 is 27.0 Å². The van der Waals surface area contributed by atoms with Crippen molar-refractivity contribution < 1.29 is 48.2 Å². The number of aromatic nitrogens is 1. The number of primary amides is 1. The number of nitrogens with zero attached hydrogens (tertiary/aromatic N) is 1. The molecule has 4 rings (SSSR count). The first-order valence-electron chi connectivity index (χ1n) is 17.0. The summed E-state index contributed by atoms with van der Waals surface area (Å²) in [6.07, 6.45) is 3.43. The highest BCUT2D eigenvalue weighted by molar-refractivity contribution is 7.50. The Labute approximate surface area is 300 Å². The molecule has 17 heteroatoms. The van der Waals surface area contributed by atoms with Crippen molar-refractivity contribution >= 4 is 54.0 Å². The second kappa shape index (κ2) is 17.4. The fraction of sp³-hybridized carbons (Fsp3) is 0.429. The molecule has 0 radical (unpaired) electrons. The van der Waals surface area contributed by atoms with Crippen molar-refractivity contribution in [3.63, 3.8) is 0 Å². The molecule has 0 bridgehead atoms. The molecule has 1 aromatic heterocycles. The summed E-state index contributed by atoms with van der Waals surface area (Å²) in [5, 5.41) is 20.6. The molecule has 0 saturated heterocycles. The number of nitrogens with one attached hydrogen (secondary N) is 4. The summed E-state index contributed by atoms with van der Waals surface area (Å²) >= 11 is 0. The van der Waals surface area contributed by atoms with Crippen LogP contribution in [0.25, 0.3) is 10.9 Å². The third-order valence-electron chi connectivity index (χ3n) is 9.00. The van der Waals surface area contributed by atoms with Crippen LogP contribution in [0.3, 0.4) is 0 Å². The Morgan fingerprint density at radius 1 is 0.904 bits per heavy atom. The Morgan fingerprint density at radius 2 is 1.58 bits per heavy atom. The van der Waals surface area contributed by atoms with Gasteiger partial charge in [0.1, 0.15) is 17.6 Å². The van der Waals surface area contributed by atoms with Crippen LogP contribution in [0.1, 0.15) is 61.6 Å². The van der Waals surface area contributed by atoms with E-state index >= 15 is 0 Å². The average Bonchev–Trinajstić information content (AvgIpc) is 3.47. The lowest BCUT2D eigenvalue weighted by Crippen LogP contribution is -2.65. The molecule has 16 nitrogen and oxygen atoms in total. The number of aryl methyl sites for hydroxylation is 2. The maximum Gasteiger partial charge on any atom is 0.394 e. The van der Waals surface area contributed by atoms with E-state index in [0.29, 0.717) is 36.9 Å². The SMILES string of the molecule is Cc1ccc2c(ccn2CCCNC(=O)[C@H](CC(N)=O)NC(=O)C2(NC(=O)[C@H](Cc3ccc(CP(=O)(O)O)cc3)NC(=O)C(=O)O)CCCCC2)c1. The van der Waals surface area contributed by atoms with Crippen molar-refractivity contribution in [3.05, 3.63) is 71.4 Å².